The number of anilines is 2. The topological polar surface area (TPSA) is 86.8 Å². The van der Waals surface area contributed by atoms with Gasteiger partial charge in [0.15, 0.2) is 0 Å². The number of aromatic nitrogens is 3. The van der Waals surface area contributed by atoms with Crippen LogP contribution in [-0.2, 0) is 47.9 Å². The molecule has 2 amide bonds. The molecule has 8 rings (SSSR count). The molecule has 2 aliphatic rings. The standard InChI is InChI=1S/C22H24N4O.C21H16F4N2O2.CH4/c1-22(24(2)3)19-7-5-6-8-20(19)26(21(22)27)14-16-9-11-17(12-10-16)18-13-23-25(4)15-18;1-26-9-8-14(11-26)13-6-7-15(17(22)10-13)12-27-18-5-3-2-4-16(18)20(29,19(27)28)21(23,24)25;/h5-13,15H,14H2,1-4H3;2-11,29H,12H2,1H3;1H4. The van der Waals surface area contributed by atoms with Crippen molar-refractivity contribution in [3.05, 3.63) is 150 Å². The largest absolute Gasteiger partial charge is 0.430 e. The zero-order valence-corrected chi connectivity index (χ0v) is 31.4. The minimum Gasteiger partial charge on any atom is -0.368 e. The summed E-state index contributed by atoms with van der Waals surface area (Å²) in [7, 11) is 7.66. The number of carbonyl (C=O) groups excluding carboxylic acids is 2. The Morgan fingerprint density at radius 2 is 1.33 bits per heavy atom. The van der Waals surface area contributed by atoms with Gasteiger partial charge in [-0.15, -0.1) is 0 Å². The molecule has 6 aromatic rings. The Balaban J connectivity index is 0.000000190. The summed E-state index contributed by atoms with van der Waals surface area (Å²) in [6.07, 6.45) is 2.26. The number of carbonyl (C=O) groups is 2. The minimum absolute atomic E-state index is 0. The third-order valence-corrected chi connectivity index (χ3v) is 10.7. The number of fused-ring (bicyclic) bond motifs is 2. The SMILES string of the molecule is C.CN(C)C1(C)C(=O)N(Cc2ccc(-c3cnn(C)c3)cc2)c2ccccc21.Cn1ccc(-c2ccc(CN3C(=O)C(O)(C(F)(F)F)c4ccccc43)c(F)c2)c1. The van der Waals surface area contributed by atoms with Gasteiger partial charge in [0.1, 0.15) is 11.4 Å². The summed E-state index contributed by atoms with van der Waals surface area (Å²) in [5.41, 5.74) is 1.87. The van der Waals surface area contributed by atoms with Crippen LogP contribution >= 0.6 is 0 Å². The first kappa shape index (κ1) is 40.6. The maximum absolute atomic E-state index is 14.7. The smallest absolute Gasteiger partial charge is 0.368 e. The van der Waals surface area contributed by atoms with E-state index in [4.69, 9.17) is 0 Å². The van der Waals surface area contributed by atoms with E-state index < -0.39 is 41.1 Å². The molecule has 0 saturated heterocycles. The second-order valence-corrected chi connectivity index (χ2v) is 14.5. The van der Waals surface area contributed by atoms with Gasteiger partial charge in [-0.25, -0.2) is 4.39 Å². The molecule has 0 fully saturated rings. The van der Waals surface area contributed by atoms with Gasteiger partial charge >= 0.3 is 6.18 Å². The average molecular weight is 781 g/mol. The van der Waals surface area contributed by atoms with Gasteiger partial charge in [0.25, 0.3) is 17.4 Å². The van der Waals surface area contributed by atoms with Crippen LogP contribution in [0.15, 0.2) is 122 Å². The number of aliphatic hydroxyl groups is 1. The van der Waals surface area contributed by atoms with E-state index in [9.17, 15) is 32.3 Å². The van der Waals surface area contributed by atoms with Gasteiger partial charge in [-0.3, -0.25) is 19.2 Å². The third-order valence-electron chi connectivity index (χ3n) is 10.7. The van der Waals surface area contributed by atoms with Gasteiger partial charge in [0.05, 0.1) is 25.0 Å². The van der Waals surface area contributed by atoms with Crippen molar-refractivity contribution in [3.63, 3.8) is 0 Å². The average Bonchev–Trinajstić information content (AvgIpc) is 3.92. The summed E-state index contributed by atoms with van der Waals surface area (Å²) in [5.74, 6) is -2.08. The van der Waals surface area contributed by atoms with Crippen LogP contribution < -0.4 is 9.80 Å². The Morgan fingerprint density at radius 1 is 0.737 bits per heavy atom. The van der Waals surface area contributed by atoms with Crippen LogP contribution in [-0.4, -0.2) is 56.4 Å². The van der Waals surface area contributed by atoms with Crippen LogP contribution in [0.5, 0.6) is 0 Å². The number of halogens is 4. The number of hydrogen-bond donors (Lipinski definition) is 1. The Hall–Kier alpha value is -6.05. The molecule has 0 radical (unpaired) electrons. The van der Waals surface area contributed by atoms with E-state index in [1.54, 1.807) is 33.8 Å². The molecule has 4 heterocycles. The van der Waals surface area contributed by atoms with Gasteiger partial charge in [-0.05, 0) is 67.5 Å². The number of likely N-dealkylation sites (N-methyl/N-ethyl adjacent to an activating group) is 1. The monoisotopic (exact) mass is 780 g/mol. The normalized spacial score (nSPS) is 18.6. The molecule has 2 atom stereocenters. The first-order valence-corrected chi connectivity index (χ1v) is 17.8. The van der Waals surface area contributed by atoms with Crippen LogP contribution in [0.3, 0.4) is 0 Å². The van der Waals surface area contributed by atoms with Crippen LogP contribution in [0.25, 0.3) is 22.3 Å². The second-order valence-electron chi connectivity index (χ2n) is 14.5. The van der Waals surface area contributed by atoms with Crippen molar-refractivity contribution in [2.24, 2.45) is 14.1 Å². The van der Waals surface area contributed by atoms with Gasteiger partial charge in [0, 0.05) is 60.6 Å². The Labute approximate surface area is 329 Å². The number of hydrogen-bond acceptors (Lipinski definition) is 5. The van der Waals surface area contributed by atoms with E-state index in [2.05, 4.69) is 35.4 Å². The molecule has 0 spiro atoms. The molecular weight excluding hydrogens is 737 g/mol. The molecule has 4 aromatic carbocycles. The third kappa shape index (κ3) is 7.02. The van der Waals surface area contributed by atoms with E-state index in [1.807, 2.05) is 75.5 Å². The van der Waals surface area contributed by atoms with Gasteiger partial charge < -0.3 is 19.5 Å². The van der Waals surface area contributed by atoms with E-state index in [0.29, 0.717) is 12.1 Å². The summed E-state index contributed by atoms with van der Waals surface area (Å²) in [4.78, 5) is 30.5. The van der Waals surface area contributed by atoms with Crippen LogP contribution in [0.1, 0.15) is 36.6 Å². The van der Waals surface area contributed by atoms with Gasteiger partial charge in [-0.2, -0.15) is 18.3 Å². The van der Waals surface area contributed by atoms with Crippen molar-refractivity contribution in [1.29, 1.82) is 0 Å². The maximum Gasteiger partial charge on any atom is 0.430 e. The highest BCUT2D eigenvalue weighted by atomic mass is 19.4. The number of para-hydroxylation sites is 2. The summed E-state index contributed by atoms with van der Waals surface area (Å²) in [6, 6.07) is 27.7. The molecule has 2 unspecified atom stereocenters. The van der Waals surface area contributed by atoms with Crippen molar-refractivity contribution in [3.8, 4) is 22.3 Å². The predicted molar refractivity (Wildman–Crippen MR) is 212 cm³/mol. The molecule has 0 saturated carbocycles. The Bertz CT molecular complexity index is 2440. The van der Waals surface area contributed by atoms with Crippen LogP contribution in [0.2, 0.25) is 0 Å². The number of rotatable bonds is 7. The molecule has 1 N–H and O–H groups in total. The zero-order valence-electron chi connectivity index (χ0n) is 31.4. The highest BCUT2D eigenvalue weighted by molar-refractivity contribution is 6.08. The molecular formula is C44H44F4N6O3. The summed E-state index contributed by atoms with van der Waals surface area (Å²) < 4.78 is 58.9. The molecule has 57 heavy (non-hydrogen) atoms. The summed E-state index contributed by atoms with van der Waals surface area (Å²) in [6.45, 7) is 2.13. The molecule has 0 aliphatic carbocycles. The van der Waals surface area contributed by atoms with Crippen LogP contribution in [0.4, 0.5) is 28.9 Å². The Morgan fingerprint density at radius 3 is 1.89 bits per heavy atom. The molecule has 9 nitrogen and oxygen atoms in total. The van der Waals surface area contributed by atoms with Crippen LogP contribution in [0, 0.1) is 5.82 Å². The molecule has 13 heteroatoms. The van der Waals surface area contributed by atoms with Crippen molar-refractivity contribution < 1.29 is 32.3 Å². The lowest BCUT2D eigenvalue weighted by Gasteiger charge is -2.31. The first-order valence-electron chi connectivity index (χ1n) is 17.8. The summed E-state index contributed by atoms with van der Waals surface area (Å²) >= 11 is 0. The lowest BCUT2D eigenvalue weighted by molar-refractivity contribution is -0.253. The van der Waals surface area contributed by atoms with E-state index in [-0.39, 0.29) is 24.6 Å². The van der Waals surface area contributed by atoms with Crippen molar-refractivity contribution in [2.75, 3.05) is 23.9 Å². The van der Waals surface area contributed by atoms with Gasteiger partial charge in [-0.1, -0.05) is 80.2 Å². The predicted octanol–water partition coefficient (Wildman–Crippen LogP) is 8.17. The minimum atomic E-state index is -5.20. The number of amides is 2. The Kier molecular flexibility index (Phi) is 10.8. The lowest BCUT2D eigenvalue weighted by atomic mass is 9.92. The number of benzene rings is 4. The fraction of sp³-hybridized carbons (Fsp3) is 0.250. The van der Waals surface area contributed by atoms with E-state index >= 15 is 0 Å². The van der Waals surface area contributed by atoms with Crippen molar-refractivity contribution in [1.82, 2.24) is 19.2 Å². The highest BCUT2D eigenvalue weighted by Gasteiger charge is 2.66. The zero-order chi connectivity index (χ0) is 40.2. The van der Waals surface area contributed by atoms with Gasteiger partial charge in [0.2, 0.25) is 0 Å². The second kappa shape index (κ2) is 15.1. The lowest BCUT2D eigenvalue weighted by Crippen LogP contribution is -2.50. The van der Waals surface area contributed by atoms with E-state index in [0.717, 1.165) is 44.5 Å². The summed E-state index contributed by atoms with van der Waals surface area (Å²) in [5, 5.41) is 14.5. The first-order chi connectivity index (χ1) is 26.5. The number of aryl methyl sites for hydroxylation is 2. The molecule has 296 valence electrons. The quantitative estimate of drug-likeness (QED) is 0.165. The molecule has 2 aliphatic heterocycles. The van der Waals surface area contributed by atoms with E-state index in [1.165, 1.54) is 30.3 Å². The van der Waals surface area contributed by atoms with Crippen molar-refractivity contribution in [2.45, 2.75) is 44.8 Å². The number of alkyl halides is 3. The maximum atomic E-state index is 14.7. The van der Waals surface area contributed by atoms with Crippen molar-refractivity contribution >= 4 is 23.2 Å². The number of nitrogens with zero attached hydrogens (tertiary/aromatic N) is 6. The fourth-order valence-corrected chi connectivity index (χ4v) is 7.32. The molecule has 2 aromatic heterocycles. The molecule has 0 bridgehead atoms. The highest BCUT2D eigenvalue weighted by Crippen LogP contribution is 2.50. The fourth-order valence-electron chi connectivity index (χ4n) is 7.32.